The first-order valence-electron chi connectivity index (χ1n) is 10.4. The largest absolute Gasteiger partial charge is 0.344 e. The summed E-state index contributed by atoms with van der Waals surface area (Å²) in [6.45, 7) is 5.83. The number of halogens is 1. The molecule has 0 saturated carbocycles. The SMILES string of the molecule is CC[C@@]1(c2ccccc2)NC(=O)N(NC(=O)C[NH2+][C@@H](c2ccc(F)cc2)C(C)C)C1=O. The molecule has 0 spiro atoms. The predicted molar refractivity (Wildman–Crippen MR) is 113 cm³/mol. The van der Waals surface area contributed by atoms with E-state index in [1.165, 1.54) is 12.1 Å². The second-order valence-electron chi connectivity index (χ2n) is 7.99. The van der Waals surface area contributed by atoms with Gasteiger partial charge in [-0.05, 0) is 24.1 Å². The third-order valence-corrected chi connectivity index (χ3v) is 5.66. The van der Waals surface area contributed by atoms with Crippen LogP contribution in [-0.4, -0.2) is 29.4 Å². The fourth-order valence-electron chi connectivity index (χ4n) is 3.92. The van der Waals surface area contributed by atoms with Gasteiger partial charge in [-0.3, -0.25) is 15.0 Å². The number of quaternary nitrogens is 1. The van der Waals surface area contributed by atoms with Gasteiger partial charge in [-0.25, -0.2) is 9.18 Å². The van der Waals surface area contributed by atoms with Crippen molar-refractivity contribution in [2.45, 2.75) is 38.8 Å². The third-order valence-electron chi connectivity index (χ3n) is 5.66. The summed E-state index contributed by atoms with van der Waals surface area (Å²) in [4.78, 5) is 38.2. The van der Waals surface area contributed by atoms with Gasteiger partial charge in [0.15, 0.2) is 6.54 Å². The van der Waals surface area contributed by atoms with Crippen molar-refractivity contribution in [3.8, 4) is 0 Å². The molecule has 4 amide bonds. The number of carbonyl (C=O) groups excluding carboxylic acids is 3. The number of rotatable bonds is 8. The zero-order valence-corrected chi connectivity index (χ0v) is 17.9. The van der Waals surface area contributed by atoms with Crippen LogP contribution in [0.15, 0.2) is 54.6 Å². The normalized spacial score (nSPS) is 19.5. The highest BCUT2D eigenvalue weighted by atomic mass is 19.1. The van der Waals surface area contributed by atoms with Gasteiger partial charge in [0.05, 0.1) is 0 Å². The number of hydrazine groups is 1. The maximum atomic E-state index is 13.2. The van der Waals surface area contributed by atoms with Crippen molar-refractivity contribution in [1.29, 1.82) is 0 Å². The molecule has 31 heavy (non-hydrogen) atoms. The standard InChI is InChI=1S/C23H27FN4O3/c1-4-23(17-8-6-5-7-9-17)21(30)28(22(31)26-23)27-19(29)14-25-20(15(2)3)16-10-12-18(24)13-11-16/h5-13,15,20,25H,4,14H2,1-3H3,(H,26,31)(H,27,29)/p+1/t20-,23+/m1/s1. The molecule has 1 heterocycles. The molecule has 0 aromatic heterocycles. The van der Waals surface area contributed by atoms with Crippen molar-refractivity contribution < 1.29 is 24.1 Å². The summed E-state index contributed by atoms with van der Waals surface area (Å²) in [7, 11) is 0. The van der Waals surface area contributed by atoms with E-state index in [9.17, 15) is 18.8 Å². The van der Waals surface area contributed by atoms with Crippen LogP contribution in [0.1, 0.15) is 44.4 Å². The van der Waals surface area contributed by atoms with Gasteiger partial charge in [-0.1, -0.05) is 63.2 Å². The molecular weight excluding hydrogens is 399 g/mol. The van der Waals surface area contributed by atoms with Crippen LogP contribution in [0.25, 0.3) is 0 Å². The summed E-state index contributed by atoms with van der Waals surface area (Å²) in [5, 5.41) is 5.30. The first-order valence-corrected chi connectivity index (χ1v) is 10.4. The fourth-order valence-corrected chi connectivity index (χ4v) is 3.92. The Morgan fingerprint density at radius 1 is 1.13 bits per heavy atom. The molecule has 1 fully saturated rings. The molecule has 0 unspecified atom stereocenters. The quantitative estimate of drug-likeness (QED) is 0.562. The Hall–Kier alpha value is -3.26. The number of imide groups is 1. The minimum absolute atomic E-state index is 0.00173. The summed E-state index contributed by atoms with van der Waals surface area (Å²) < 4.78 is 13.2. The van der Waals surface area contributed by atoms with Crippen LogP contribution in [0.4, 0.5) is 9.18 Å². The van der Waals surface area contributed by atoms with Crippen molar-refractivity contribution in [2.24, 2.45) is 5.92 Å². The Labute approximate surface area is 181 Å². The van der Waals surface area contributed by atoms with E-state index >= 15 is 0 Å². The molecule has 1 aliphatic rings. The Kier molecular flexibility index (Phi) is 6.70. The van der Waals surface area contributed by atoms with Crippen molar-refractivity contribution in [1.82, 2.24) is 15.8 Å². The zero-order chi connectivity index (χ0) is 22.6. The van der Waals surface area contributed by atoms with Crippen LogP contribution < -0.4 is 16.1 Å². The molecule has 1 saturated heterocycles. The number of amides is 4. The number of nitrogens with one attached hydrogen (secondary N) is 2. The van der Waals surface area contributed by atoms with Crippen molar-refractivity contribution in [3.63, 3.8) is 0 Å². The van der Waals surface area contributed by atoms with Gasteiger partial charge >= 0.3 is 6.03 Å². The van der Waals surface area contributed by atoms with E-state index in [1.54, 1.807) is 43.3 Å². The van der Waals surface area contributed by atoms with E-state index in [0.29, 0.717) is 12.0 Å². The zero-order valence-electron chi connectivity index (χ0n) is 17.9. The molecule has 0 radical (unpaired) electrons. The predicted octanol–water partition coefficient (Wildman–Crippen LogP) is 1.97. The van der Waals surface area contributed by atoms with Gasteiger partial charge < -0.3 is 10.6 Å². The molecule has 2 atom stereocenters. The summed E-state index contributed by atoms with van der Waals surface area (Å²) >= 11 is 0. The molecule has 2 aromatic rings. The van der Waals surface area contributed by atoms with Crippen molar-refractivity contribution >= 4 is 17.8 Å². The van der Waals surface area contributed by atoms with Gasteiger partial charge in [-0.2, -0.15) is 5.01 Å². The number of benzene rings is 2. The third kappa shape index (κ3) is 4.59. The molecule has 2 aromatic carbocycles. The maximum absolute atomic E-state index is 13.2. The average Bonchev–Trinajstić information content (AvgIpc) is 3.00. The highest BCUT2D eigenvalue weighted by Gasteiger charge is 2.52. The van der Waals surface area contributed by atoms with E-state index in [4.69, 9.17) is 0 Å². The smallest absolute Gasteiger partial charge is 0.332 e. The Bertz CT molecular complexity index is 949. The number of hydrogen-bond acceptors (Lipinski definition) is 3. The maximum Gasteiger partial charge on any atom is 0.344 e. The Balaban J connectivity index is 1.68. The summed E-state index contributed by atoms with van der Waals surface area (Å²) in [6.07, 6.45) is 0.347. The fraction of sp³-hybridized carbons (Fsp3) is 0.348. The number of nitrogens with two attached hydrogens (primary N) is 1. The van der Waals surface area contributed by atoms with Crippen LogP contribution in [0.5, 0.6) is 0 Å². The lowest BCUT2D eigenvalue weighted by molar-refractivity contribution is -0.692. The monoisotopic (exact) mass is 427 g/mol. The lowest BCUT2D eigenvalue weighted by atomic mass is 9.87. The van der Waals surface area contributed by atoms with Crippen LogP contribution in [0.3, 0.4) is 0 Å². The van der Waals surface area contributed by atoms with Crippen LogP contribution in [0.2, 0.25) is 0 Å². The minimum atomic E-state index is -1.20. The van der Waals surface area contributed by atoms with Gasteiger partial charge in [0.1, 0.15) is 17.4 Å². The Morgan fingerprint density at radius 3 is 2.35 bits per heavy atom. The van der Waals surface area contributed by atoms with E-state index in [-0.39, 0.29) is 24.3 Å². The first kappa shape index (κ1) is 22.4. The summed E-state index contributed by atoms with van der Waals surface area (Å²) in [5.74, 6) is -1.13. The second-order valence-corrected chi connectivity index (χ2v) is 7.99. The number of nitrogens with zero attached hydrogens (tertiary/aromatic N) is 1. The highest BCUT2D eigenvalue weighted by molar-refractivity contribution is 6.08. The van der Waals surface area contributed by atoms with Crippen molar-refractivity contribution in [3.05, 3.63) is 71.5 Å². The molecule has 0 aliphatic carbocycles. The van der Waals surface area contributed by atoms with E-state index in [1.807, 2.05) is 25.2 Å². The molecule has 164 valence electrons. The lowest BCUT2D eigenvalue weighted by Gasteiger charge is -2.25. The van der Waals surface area contributed by atoms with E-state index < -0.39 is 23.4 Å². The summed E-state index contributed by atoms with van der Waals surface area (Å²) in [5.41, 5.74) is 2.79. The molecule has 7 nitrogen and oxygen atoms in total. The van der Waals surface area contributed by atoms with Crippen LogP contribution in [-0.2, 0) is 15.1 Å². The second kappa shape index (κ2) is 9.26. The van der Waals surface area contributed by atoms with Crippen molar-refractivity contribution in [2.75, 3.05) is 6.54 Å². The van der Waals surface area contributed by atoms with Gasteiger partial charge in [-0.15, -0.1) is 0 Å². The summed E-state index contributed by atoms with van der Waals surface area (Å²) in [6, 6.07) is 14.4. The van der Waals surface area contributed by atoms with Gasteiger partial charge in [0.2, 0.25) is 0 Å². The Morgan fingerprint density at radius 2 is 1.77 bits per heavy atom. The van der Waals surface area contributed by atoms with E-state index in [2.05, 4.69) is 10.7 Å². The molecule has 0 bridgehead atoms. The number of urea groups is 1. The first-order chi connectivity index (χ1) is 14.8. The molecular formula is C23H28FN4O3+. The van der Waals surface area contributed by atoms with Crippen LogP contribution in [0, 0.1) is 11.7 Å². The highest BCUT2D eigenvalue weighted by Crippen LogP contribution is 2.31. The lowest BCUT2D eigenvalue weighted by Crippen LogP contribution is -2.88. The van der Waals surface area contributed by atoms with E-state index in [0.717, 1.165) is 10.6 Å². The molecule has 4 N–H and O–H groups in total. The number of hydrogen-bond donors (Lipinski definition) is 3. The molecule has 1 aliphatic heterocycles. The number of carbonyl (C=O) groups is 3. The minimum Gasteiger partial charge on any atom is -0.332 e. The van der Waals surface area contributed by atoms with Gasteiger partial charge in [0.25, 0.3) is 11.8 Å². The van der Waals surface area contributed by atoms with Gasteiger partial charge in [0, 0.05) is 11.5 Å². The topological polar surface area (TPSA) is 95.1 Å². The molecule has 8 heteroatoms. The van der Waals surface area contributed by atoms with Crippen LogP contribution >= 0.6 is 0 Å². The molecule has 3 rings (SSSR count). The average molecular weight is 428 g/mol.